The molecular formula is C28H38N2O6. The van der Waals surface area contributed by atoms with Crippen LogP contribution in [0.1, 0.15) is 51.2 Å². The number of amides is 1. The molecule has 0 aromatic heterocycles. The summed E-state index contributed by atoms with van der Waals surface area (Å²) in [6.07, 6.45) is 2.71. The molecule has 1 amide bonds. The molecule has 0 spiro atoms. The van der Waals surface area contributed by atoms with Crippen molar-refractivity contribution in [2.45, 2.75) is 63.8 Å². The highest BCUT2D eigenvalue weighted by molar-refractivity contribution is 5.76. The van der Waals surface area contributed by atoms with Gasteiger partial charge in [-0.05, 0) is 68.7 Å². The van der Waals surface area contributed by atoms with Gasteiger partial charge in [0.25, 0.3) is 0 Å². The predicted octanol–water partition coefficient (Wildman–Crippen LogP) is 3.72. The molecule has 1 saturated heterocycles. The highest BCUT2D eigenvalue weighted by Crippen LogP contribution is 2.34. The van der Waals surface area contributed by atoms with Gasteiger partial charge in [-0.15, -0.1) is 0 Å². The van der Waals surface area contributed by atoms with Gasteiger partial charge in [-0.3, -0.25) is 9.69 Å². The van der Waals surface area contributed by atoms with Crippen molar-refractivity contribution in [2.75, 3.05) is 33.5 Å². The summed E-state index contributed by atoms with van der Waals surface area (Å²) in [5.41, 5.74) is 0.691. The molecule has 36 heavy (non-hydrogen) atoms. The Kier molecular flexibility index (Phi) is 8.93. The van der Waals surface area contributed by atoms with E-state index < -0.39 is 12.1 Å². The summed E-state index contributed by atoms with van der Waals surface area (Å²) < 4.78 is 22.2. The van der Waals surface area contributed by atoms with Crippen LogP contribution in [0.25, 0.3) is 0 Å². The van der Waals surface area contributed by atoms with Crippen LogP contribution in [0, 0.1) is 0 Å². The Hall–Kier alpha value is -2.97. The Balaban J connectivity index is 1.42. The van der Waals surface area contributed by atoms with Crippen LogP contribution in [-0.4, -0.2) is 67.5 Å². The molecular weight excluding hydrogens is 460 g/mol. The monoisotopic (exact) mass is 498 g/mol. The number of hydrogen-bond donors (Lipinski definition) is 2. The summed E-state index contributed by atoms with van der Waals surface area (Å²) in [6, 6.07) is 13.0. The molecule has 4 atom stereocenters. The van der Waals surface area contributed by atoms with Crippen LogP contribution in [0.15, 0.2) is 42.5 Å². The summed E-state index contributed by atoms with van der Waals surface area (Å²) in [5, 5.41) is 14.5. The molecule has 2 unspecified atom stereocenters. The summed E-state index contributed by atoms with van der Waals surface area (Å²) in [5.74, 6) is 2.55. The Labute approximate surface area is 213 Å². The molecule has 0 saturated carbocycles. The standard InChI is InChI=1S/C28H38N2O6/c1-19-5-4-6-20(2)30(19)18-24(28(32)21-7-12-25-26(17-21)36-16-15-35-25)29-27(31)13-14-34-23-10-8-22(33-3)9-11-23/h7-12,17,19-20,24,28,32H,4-6,13-16,18H2,1-3H3,(H,29,31)/t19?,20?,24-,28-/m1/s1. The number of fused-ring (bicyclic) bond motifs is 1. The van der Waals surface area contributed by atoms with Gasteiger partial charge in [-0.1, -0.05) is 12.5 Å². The van der Waals surface area contributed by atoms with Crippen molar-refractivity contribution in [1.29, 1.82) is 0 Å². The average molecular weight is 499 g/mol. The molecule has 2 heterocycles. The van der Waals surface area contributed by atoms with Crippen LogP contribution in [-0.2, 0) is 4.79 Å². The Morgan fingerprint density at radius 1 is 1.06 bits per heavy atom. The number of aliphatic hydroxyl groups excluding tert-OH is 1. The van der Waals surface area contributed by atoms with Crippen molar-refractivity contribution in [3.63, 3.8) is 0 Å². The molecule has 1 fully saturated rings. The molecule has 0 bridgehead atoms. The van der Waals surface area contributed by atoms with Crippen LogP contribution in [0.4, 0.5) is 0 Å². The highest BCUT2D eigenvalue weighted by atomic mass is 16.6. The molecule has 8 heteroatoms. The maximum absolute atomic E-state index is 12.9. The largest absolute Gasteiger partial charge is 0.497 e. The zero-order valence-corrected chi connectivity index (χ0v) is 21.4. The number of nitrogens with zero attached hydrogens (tertiary/aromatic N) is 1. The molecule has 2 N–H and O–H groups in total. The number of nitrogens with one attached hydrogen (secondary N) is 1. The van der Waals surface area contributed by atoms with Crippen molar-refractivity contribution < 1.29 is 28.8 Å². The van der Waals surface area contributed by atoms with Crippen molar-refractivity contribution >= 4 is 5.91 Å². The first-order chi connectivity index (χ1) is 17.4. The molecule has 2 aliphatic heterocycles. The lowest BCUT2D eigenvalue weighted by atomic mass is 9.94. The second kappa shape index (κ2) is 12.3. The van der Waals surface area contributed by atoms with Crippen molar-refractivity contribution in [2.24, 2.45) is 0 Å². The fourth-order valence-corrected chi connectivity index (χ4v) is 4.97. The van der Waals surface area contributed by atoms with Crippen LogP contribution < -0.4 is 24.3 Å². The van der Waals surface area contributed by atoms with E-state index >= 15 is 0 Å². The molecule has 2 aromatic carbocycles. The maximum Gasteiger partial charge on any atom is 0.223 e. The van der Waals surface area contributed by atoms with E-state index in [4.69, 9.17) is 18.9 Å². The minimum atomic E-state index is -0.895. The van der Waals surface area contributed by atoms with E-state index in [1.165, 1.54) is 6.42 Å². The van der Waals surface area contributed by atoms with Crippen LogP contribution in [0.5, 0.6) is 23.0 Å². The second-order valence-electron chi connectivity index (χ2n) is 9.62. The molecule has 8 nitrogen and oxygen atoms in total. The number of piperidine rings is 1. The lowest BCUT2D eigenvalue weighted by molar-refractivity contribution is -0.123. The zero-order valence-electron chi connectivity index (χ0n) is 21.4. The second-order valence-corrected chi connectivity index (χ2v) is 9.62. The molecule has 4 rings (SSSR count). The minimum Gasteiger partial charge on any atom is -0.497 e. The normalized spacial score (nSPS) is 21.3. The average Bonchev–Trinajstić information content (AvgIpc) is 2.90. The first-order valence-corrected chi connectivity index (χ1v) is 12.8. The van der Waals surface area contributed by atoms with Gasteiger partial charge in [0.2, 0.25) is 5.91 Å². The molecule has 0 radical (unpaired) electrons. The van der Waals surface area contributed by atoms with E-state index in [0.29, 0.717) is 54.7 Å². The number of carbonyl (C=O) groups is 1. The van der Waals surface area contributed by atoms with Gasteiger partial charge in [0.05, 0.1) is 26.2 Å². The maximum atomic E-state index is 12.9. The third kappa shape index (κ3) is 6.62. The predicted molar refractivity (Wildman–Crippen MR) is 137 cm³/mol. The van der Waals surface area contributed by atoms with Crippen LogP contribution >= 0.6 is 0 Å². The lowest BCUT2D eigenvalue weighted by Gasteiger charge is -2.42. The van der Waals surface area contributed by atoms with Crippen LogP contribution in [0.3, 0.4) is 0 Å². The smallest absolute Gasteiger partial charge is 0.223 e. The number of hydrogen-bond acceptors (Lipinski definition) is 7. The molecule has 2 aromatic rings. The highest BCUT2D eigenvalue weighted by Gasteiger charge is 2.32. The Morgan fingerprint density at radius 2 is 1.72 bits per heavy atom. The summed E-state index contributed by atoms with van der Waals surface area (Å²) >= 11 is 0. The molecule has 0 aliphatic carbocycles. The first kappa shape index (κ1) is 26.1. The first-order valence-electron chi connectivity index (χ1n) is 12.8. The third-order valence-electron chi connectivity index (χ3n) is 7.08. The number of rotatable bonds is 10. The zero-order chi connectivity index (χ0) is 25.5. The van der Waals surface area contributed by atoms with E-state index in [0.717, 1.165) is 18.6 Å². The summed E-state index contributed by atoms with van der Waals surface area (Å²) in [7, 11) is 1.61. The quantitative estimate of drug-likeness (QED) is 0.516. The van der Waals surface area contributed by atoms with Crippen molar-refractivity contribution in [3.05, 3.63) is 48.0 Å². The number of likely N-dealkylation sites (tertiary alicyclic amines) is 1. The molecule has 2 aliphatic rings. The van der Waals surface area contributed by atoms with Gasteiger partial charge in [0, 0.05) is 18.6 Å². The van der Waals surface area contributed by atoms with Crippen molar-refractivity contribution in [1.82, 2.24) is 10.2 Å². The summed E-state index contributed by atoms with van der Waals surface area (Å²) in [6.45, 7) is 6.21. The topological polar surface area (TPSA) is 89.5 Å². The number of ether oxygens (including phenoxy) is 4. The van der Waals surface area contributed by atoms with Gasteiger partial charge in [-0.2, -0.15) is 0 Å². The van der Waals surface area contributed by atoms with E-state index in [2.05, 4.69) is 24.1 Å². The fraction of sp³-hybridized carbons (Fsp3) is 0.536. The number of carbonyl (C=O) groups excluding carboxylic acids is 1. The third-order valence-corrected chi connectivity index (χ3v) is 7.08. The van der Waals surface area contributed by atoms with Gasteiger partial charge in [0.15, 0.2) is 11.5 Å². The SMILES string of the molecule is COc1ccc(OCCC(=O)N[C@H](CN2C(C)CCCC2C)[C@H](O)c2ccc3c(c2)OCCO3)cc1. The lowest BCUT2D eigenvalue weighted by Crippen LogP contribution is -2.53. The fourth-order valence-electron chi connectivity index (χ4n) is 4.97. The van der Waals surface area contributed by atoms with E-state index in [-0.39, 0.29) is 18.9 Å². The van der Waals surface area contributed by atoms with Crippen molar-refractivity contribution in [3.8, 4) is 23.0 Å². The molecule has 196 valence electrons. The van der Waals surface area contributed by atoms with Gasteiger partial charge in [-0.25, -0.2) is 0 Å². The van der Waals surface area contributed by atoms with E-state index in [9.17, 15) is 9.90 Å². The summed E-state index contributed by atoms with van der Waals surface area (Å²) in [4.78, 5) is 15.3. The number of aliphatic hydroxyl groups is 1. The van der Waals surface area contributed by atoms with Crippen LogP contribution in [0.2, 0.25) is 0 Å². The Morgan fingerprint density at radius 3 is 2.42 bits per heavy atom. The van der Waals surface area contributed by atoms with E-state index in [1.807, 2.05) is 42.5 Å². The van der Waals surface area contributed by atoms with E-state index in [1.54, 1.807) is 7.11 Å². The minimum absolute atomic E-state index is 0.164. The van der Waals surface area contributed by atoms with Gasteiger partial charge in [0.1, 0.15) is 30.8 Å². The Bertz CT molecular complexity index is 988. The number of methoxy groups -OCH3 is 1. The number of benzene rings is 2. The van der Waals surface area contributed by atoms with Gasteiger partial charge < -0.3 is 29.4 Å². The van der Waals surface area contributed by atoms with Gasteiger partial charge >= 0.3 is 0 Å².